The molecule has 3 aromatic rings. The van der Waals surface area contributed by atoms with E-state index in [0.717, 1.165) is 16.8 Å². The standard InChI is InChI=1S/C20H21FN4O3S/c1-12(27)23-17-9-14(7-8-22-17)19-18(13-3-5-15(21)6-4-13)24-20(25(19)2)29-11-16(28)10-26/h3-9,16,26,28H,10-11H2,1-2H3,(H,22,23,27). The van der Waals surface area contributed by atoms with Crippen molar-refractivity contribution in [1.82, 2.24) is 14.5 Å². The molecule has 29 heavy (non-hydrogen) atoms. The fourth-order valence-corrected chi connectivity index (χ4v) is 3.68. The average molecular weight is 416 g/mol. The van der Waals surface area contributed by atoms with Gasteiger partial charge in [-0.25, -0.2) is 14.4 Å². The largest absolute Gasteiger partial charge is 0.394 e. The Labute approximate surface area is 171 Å². The SMILES string of the molecule is CC(=O)Nc1cc(-c2c(-c3ccc(F)cc3)nc(SCC(O)CO)n2C)ccn1. The van der Waals surface area contributed by atoms with Crippen molar-refractivity contribution >= 4 is 23.5 Å². The fourth-order valence-electron chi connectivity index (χ4n) is 2.80. The maximum Gasteiger partial charge on any atom is 0.222 e. The maximum atomic E-state index is 13.4. The Bertz CT molecular complexity index is 1010. The van der Waals surface area contributed by atoms with Crippen LogP contribution < -0.4 is 5.32 Å². The van der Waals surface area contributed by atoms with E-state index in [2.05, 4.69) is 15.3 Å². The molecule has 0 aliphatic carbocycles. The number of anilines is 1. The van der Waals surface area contributed by atoms with Gasteiger partial charge in [0.1, 0.15) is 11.6 Å². The highest BCUT2D eigenvalue weighted by molar-refractivity contribution is 7.99. The second kappa shape index (κ2) is 9.17. The molecule has 0 aliphatic rings. The lowest BCUT2D eigenvalue weighted by Gasteiger charge is -2.10. The molecule has 9 heteroatoms. The van der Waals surface area contributed by atoms with Crippen LogP contribution in [0, 0.1) is 5.82 Å². The summed E-state index contributed by atoms with van der Waals surface area (Å²) in [7, 11) is 1.83. The molecule has 0 radical (unpaired) electrons. The number of benzene rings is 1. The number of carbonyl (C=O) groups is 1. The number of pyridine rings is 1. The Morgan fingerprint density at radius 2 is 2.00 bits per heavy atom. The molecule has 3 N–H and O–H groups in total. The number of nitrogens with one attached hydrogen (secondary N) is 1. The summed E-state index contributed by atoms with van der Waals surface area (Å²) < 4.78 is 15.3. The average Bonchev–Trinajstić information content (AvgIpc) is 3.02. The third-order valence-electron chi connectivity index (χ3n) is 4.12. The van der Waals surface area contributed by atoms with Crippen LogP contribution in [0.25, 0.3) is 22.5 Å². The molecule has 0 fully saturated rings. The van der Waals surface area contributed by atoms with E-state index >= 15 is 0 Å². The summed E-state index contributed by atoms with van der Waals surface area (Å²) in [4.78, 5) is 20.2. The number of halogens is 1. The molecule has 0 spiro atoms. The molecule has 3 rings (SSSR count). The first-order valence-corrected chi connectivity index (χ1v) is 9.86. The fraction of sp³-hybridized carbons (Fsp3) is 0.250. The van der Waals surface area contributed by atoms with Crippen molar-refractivity contribution in [3.05, 3.63) is 48.4 Å². The zero-order chi connectivity index (χ0) is 21.0. The van der Waals surface area contributed by atoms with E-state index in [9.17, 15) is 14.3 Å². The Hall–Kier alpha value is -2.75. The smallest absolute Gasteiger partial charge is 0.222 e. The normalized spacial score (nSPS) is 12.0. The lowest BCUT2D eigenvalue weighted by molar-refractivity contribution is -0.114. The quantitative estimate of drug-likeness (QED) is 0.512. The Kier molecular flexibility index (Phi) is 6.63. The van der Waals surface area contributed by atoms with Crippen LogP contribution in [0.15, 0.2) is 47.8 Å². The molecule has 2 heterocycles. The van der Waals surface area contributed by atoms with Crippen LogP contribution in [0.5, 0.6) is 0 Å². The Balaban J connectivity index is 2.09. The highest BCUT2D eigenvalue weighted by Crippen LogP contribution is 2.35. The minimum absolute atomic E-state index is 0.229. The minimum Gasteiger partial charge on any atom is -0.394 e. The van der Waals surface area contributed by atoms with Gasteiger partial charge in [0.05, 0.1) is 24.1 Å². The molecule has 1 atom stereocenters. The second-order valence-corrected chi connectivity index (χ2v) is 7.40. The molecule has 0 saturated carbocycles. The summed E-state index contributed by atoms with van der Waals surface area (Å²) in [5.41, 5.74) is 2.89. The third kappa shape index (κ3) is 5.00. The molecule has 1 unspecified atom stereocenters. The number of aliphatic hydroxyl groups is 2. The molecule has 7 nitrogen and oxygen atoms in total. The number of aliphatic hydroxyl groups excluding tert-OH is 2. The monoisotopic (exact) mass is 416 g/mol. The molecule has 0 aliphatic heterocycles. The van der Waals surface area contributed by atoms with Gasteiger partial charge in [-0.3, -0.25) is 4.79 Å². The van der Waals surface area contributed by atoms with Crippen molar-refractivity contribution in [1.29, 1.82) is 0 Å². The molecule has 152 valence electrons. The van der Waals surface area contributed by atoms with Crippen molar-refractivity contribution in [3.8, 4) is 22.5 Å². The molecular formula is C20H21FN4O3S. The topological polar surface area (TPSA) is 100 Å². The van der Waals surface area contributed by atoms with Gasteiger partial charge in [0.15, 0.2) is 5.16 Å². The van der Waals surface area contributed by atoms with Crippen LogP contribution in [0.3, 0.4) is 0 Å². The number of rotatable bonds is 7. The van der Waals surface area contributed by atoms with Gasteiger partial charge >= 0.3 is 0 Å². The van der Waals surface area contributed by atoms with Gasteiger partial charge in [-0.1, -0.05) is 11.8 Å². The Morgan fingerprint density at radius 3 is 2.66 bits per heavy atom. The highest BCUT2D eigenvalue weighted by Gasteiger charge is 2.20. The van der Waals surface area contributed by atoms with E-state index < -0.39 is 6.10 Å². The summed E-state index contributed by atoms with van der Waals surface area (Å²) in [5, 5.41) is 22.0. The molecule has 0 bridgehead atoms. The van der Waals surface area contributed by atoms with Crippen LogP contribution >= 0.6 is 11.8 Å². The first-order valence-electron chi connectivity index (χ1n) is 8.87. The summed E-state index contributed by atoms with van der Waals surface area (Å²) in [6, 6.07) is 9.56. The van der Waals surface area contributed by atoms with Crippen LogP contribution in [0.4, 0.5) is 10.2 Å². The molecule has 1 aromatic carbocycles. The number of aromatic nitrogens is 3. The zero-order valence-electron chi connectivity index (χ0n) is 16.0. The summed E-state index contributed by atoms with van der Waals surface area (Å²) >= 11 is 1.30. The van der Waals surface area contributed by atoms with Crippen molar-refractivity contribution in [3.63, 3.8) is 0 Å². The van der Waals surface area contributed by atoms with Gasteiger partial charge < -0.3 is 20.1 Å². The van der Waals surface area contributed by atoms with E-state index in [1.807, 2.05) is 11.6 Å². The van der Waals surface area contributed by atoms with E-state index in [4.69, 9.17) is 5.11 Å². The minimum atomic E-state index is -0.860. The van der Waals surface area contributed by atoms with Crippen molar-refractivity contribution in [2.24, 2.45) is 7.05 Å². The van der Waals surface area contributed by atoms with Crippen LogP contribution in [-0.4, -0.2) is 49.1 Å². The maximum absolute atomic E-state index is 13.4. The number of carbonyl (C=O) groups excluding carboxylic acids is 1. The van der Waals surface area contributed by atoms with Gasteiger partial charge in [-0.2, -0.15) is 0 Å². The van der Waals surface area contributed by atoms with Gasteiger partial charge in [0.25, 0.3) is 0 Å². The lowest BCUT2D eigenvalue weighted by atomic mass is 10.1. The molecule has 0 saturated heterocycles. The summed E-state index contributed by atoms with van der Waals surface area (Å²) in [6.45, 7) is 1.07. The first-order chi connectivity index (χ1) is 13.9. The van der Waals surface area contributed by atoms with Crippen LogP contribution in [0.1, 0.15) is 6.92 Å². The number of thioether (sulfide) groups is 1. The first kappa shape index (κ1) is 21.0. The van der Waals surface area contributed by atoms with Crippen molar-refractivity contribution in [2.45, 2.75) is 18.2 Å². The number of hydrogen-bond acceptors (Lipinski definition) is 6. The Morgan fingerprint density at radius 1 is 1.28 bits per heavy atom. The van der Waals surface area contributed by atoms with E-state index in [-0.39, 0.29) is 24.1 Å². The summed E-state index contributed by atoms with van der Waals surface area (Å²) in [6.07, 6.45) is 0.728. The van der Waals surface area contributed by atoms with Crippen molar-refractivity contribution < 1.29 is 19.4 Å². The van der Waals surface area contributed by atoms with E-state index in [1.54, 1.807) is 30.5 Å². The number of imidazole rings is 1. The number of nitrogens with zero attached hydrogens (tertiary/aromatic N) is 3. The van der Waals surface area contributed by atoms with Crippen LogP contribution in [-0.2, 0) is 11.8 Å². The van der Waals surface area contributed by atoms with Crippen molar-refractivity contribution in [2.75, 3.05) is 17.7 Å². The second-order valence-electron chi connectivity index (χ2n) is 6.42. The van der Waals surface area contributed by atoms with Gasteiger partial charge in [0, 0.05) is 37.0 Å². The molecule has 1 amide bonds. The molecular weight excluding hydrogens is 395 g/mol. The van der Waals surface area contributed by atoms with Crippen LogP contribution in [0.2, 0.25) is 0 Å². The predicted molar refractivity (Wildman–Crippen MR) is 110 cm³/mol. The zero-order valence-corrected chi connectivity index (χ0v) is 16.8. The summed E-state index contributed by atoms with van der Waals surface area (Å²) in [5.74, 6) is 0.111. The highest BCUT2D eigenvalue weighted by atomic mass is 32.2. The third-order valence-corrected chi connectivity index (χ3v) is 5.30. The lowest BCUT2D eigenvalue weighted by Crippen LogP contribution is -2.15. The number of hydrogen-bond donors (Lipinski definition) is 3. The number of amides is 1. The van der Waals surface area contributed by atoms with Gasteiger partial charge in [0.2, 0.25) is 5.91 Å². The van der Waals surface area contributed by atoms with Gasteiger partial charge in [-0.05, 0) is 36.4 Å². The predicted octanol–water partition coefficient (Wildman–Crippen LogP) is 2.69. The van der Waals surface area contributed by atoms with Gasteiger partial charge in [-0.15, -0.1) is 0 Å². The molecule has 2 aromatic heterocycles. The van der Waals surface area contributed by atoms with E-state index in [0.29, 0.717) is 16.7 Å². The van der Waals surface area contributed by atoms with E-state index in [1.165, 1.54) is 30.8 Å².